The zero-order chi connectivity index (χ0) is 11.5. The van der Waals surface area contributed by atoms with Crippen molar-refractivity contribution in [3.05, 3.63) is 10.6 Å². The van der Waals surface area contributed by atoms with Crippen LogP contribution in [0.5, 0.6) is 0 Å². The Bertz CT molecular complexity index is 371. The van der Waals surface area contributed by atoms with Crippen LogP contribution in [-0.4, -0.2) is 23.9 Å². The highest BCUT2D eigenvalue weighted by atomic mass is 32.1. The number of aldehydes is 1. The van der Waals surface area contributed by atoms with Crippen molar-refractivity contribution >= 4 is 22.8 Å². The highest BCUT2D eigenvalue weighted by Crippen LogP contribution is 2.35. The summed E-state index contributed by atoms with van der Waals surface area (Å²) in [6.45, 7) is 5.29. The molecule has 1 heterocycles. The highest BCUT2D eigenvalue weighted by molar-refractivity contribution is 7.17. The maximum absolute atomic E-state index is 10.9. The van der Waals surface area contributed by atoms with Gasteiger partial charge in [0.15, 0.2) is 11.4 Å². The van der Waals surface area contributed by atoms with Gasteiger partial charge in [-0.1, -0.05) is 25.2 Å². The molecule has 4 heteroatoms. The van der Waals surface area contributed by atoms with Crippen molar-refractivity contribution in [1.29, 1.82) is 0 Å². The van der Waals surface area contributed by atoms with Gasteiger partial charge in [0.05, 0.1) is 10.6 Å². The third-order valence-corrected chi connectivity index (χ3v) is 3.92. The molecule has 16 heavy (non-hydrogen) atoms. The Hall–Kier alpha value is -0.900. The van der Waals surface area contributed by atoms with E-state index in [-0.39, 0.29) is 0 Å². The van der Waals surface area contributed by atoms with E-state index in [4.69, 9.17) is 0 Å². The molecule has 0 aliphatic heterocycles. The van der Waals surface area contributed by atoms with Crippen LogP contribution >= 0.6 is 11.3 Å². The molecule has 1 fully saturated rings. The first kappa shape index (κ1) is 11.6. The summed E-state index contributed by atoms with van der Waals surface area (Å²) in [5.41, 5.74) is 0.955. The number of hydrogen-bond acceptors (Lipinski definition) is 4. The standard InChI is InChI=1S/C12H18N2OS/c1-3-7-14(9-5-6-9)12-13-10(4-2)11(8-15)16-12/h8-9H,3-7H2,1-2H3. The fourth-order valence-corrected chi connectivity index (χ4v) is 2.95. The topological polar surface area (TPSA) is 33.2 Å². The lowest BCUT2D eigenvalue weighted by Gasteiger charge is -2.20. The van der Waals surface area contributed by atoms with Crippen LogP contribution in [0.1, 0.15) is 48.5 Å². The van der Waals surface area contributed by atoms with Crippen molar-refractivity contribution in [3.63, 3.8) is 0 Å². The van der Waals surface area contributed by atoms with E-state index in [1.165, 1.54) is 12.8 Å². The van der Waals surface area contributed by atoms with Crippen LogP contribution in [-0.2, 0) is 6.42 Å². The van der Waals surface area contributed by atoms with Crippen LogP contribution in [0.25, 0.3) is 0 Å². The molecule has 0 radical (unpaired) electrons. The average Bonchev–Trinajstić information content (AvgIpc) is 3.05. The van der Waals surface area contributed by atoms with Gasteiger partial charge in [-0.15, -0.1) is 0 Å². The van der Waals surface area contributed by atoms with Gasteiger partial charge in [0.1, 0.15) is 0 Å². The predicted octanol–water partition coefficient (Wildman–Crippen LogP) is 2.90. The fourth-order valence-electron chi connectivity index (χ4n) is 1.88. The van der Waals surface area contributed by atoms with Crippen LogP contribution in [0.4, 0.5) is 5.13 Å². The molecule has 2 rings (SSSR count). The van der Waals surface area contributed by atoms with E-state index in [1.807, 2.05) is 6.92 Å². The second-order valence-electron chi connectivity index (χ2n) is 4.20. The van der Waals surface area contributed by atoms with E-state index in [0.29, 0.717) is 6.04 Å². The molecular formula is C12H18N2OS. The molecule has 3 nitrogen and oxygen atoms in total. The van der Waals surface area contributed by atoms with Gasteiger partial charge >= 0.3 is 0 Å². The predicted molar refractivity (Wildman–Crippen MR) is 67.5 cm³/mol. The molecule has 0 bridgehead atoms. The van der Waals surface area contributed by atoms with Crippen molar-refractivity contribution in [2.45, 2.75) is 45.6 Å². The van der Waals surface area contributed by atoms with E-state index < -0.39 is 0 Å². The molecular weight excluding hydrogens is 220 g/mol. The van der Waals surface area contributed by atoms with Gasteiger partial charge in [-0.2, -0.15) is 0 Å². The SMILES string of the molecule is CCCN(c1nc(CC)c(C=O)s1)C1CC1. The molecule has 0 atom stereocenters. The zero-order valence-electron chi connectivity index (χ0n) is 9.90. The van der Waals surface area contributed by atoms with Gasteiger partial charge in [-0.05, 0) is 25.7 Å². The molecule has 0 aromatic carbocycles. The lowest BCUT2D eigenvalue weighted by Crippen LogP contribution is -2.26. The minimum atomic E-state index is 0.676. The van der Waals surface area contributed by atoms with Gasteiger partial charge in [0, 0.05) is 12.6 Å². The second-order valence-corrected chi connectivity index (χ2v) is 5.21. The maximum Gasteiger partial charge on any atom is 0.186 e. The van der Waals surface area contributed by atoms with E-state index in [9.17, 15) is 4.79 Å². The van der Waals surface area contributed by atoms with E-state index in [0.717, 1.165) is 41.4 Å². The van der Waals surface area contributed by atoms with Gasteiger partial charge in [0.25, 0.3) is 0 Å². The first-order valence-electron chi connectivity index (χ1n) is 6.01. The summed E-state index contributed by atoms with van der Waals surface area (Å²) in [5, 5.41) is 1.04. The molecule has 1 aliphatic carbocycles. The minimum absolute atomic E-state index is 0.676. The number of carbonyl (C=O) groups excluding carboxylic acids is 1. The number of carbonyl (C=O) groups is 1. The number of aryl methyl sites for hydroxylation is 1. The van der Waals surface area contributed by atoms with Gasteiger partial charge in [0.2, 0.25) is 0 Å². The van der Waals surface area contributed by atoms with Crippen molar-refractivity contribution in [1.82, 2.24) is 4.98 Å². The average molecular weight is 238 g/mol. The first-order valence-corrected chi connectivity index (χ1v) is 6.83. The molecule has 0 N–H and O–H groups in total. The second kappa shape index (κ2) is 4.95. The molecule has 0 unspecified atom stereocenters. The quantitative estimate of drug-likeness (QED) is 0.714. The molecule has 88 valence electrons. The molecule has 1 aliphatic rings. The Morgan fingerprint density at radius 2 is 2.25 bits per heavy atom. The van der Waals surface area contributed by atoms with Gasteiger partial charge in [-0.3, -0.25) is 4.79 Å². The lowest BCUT2D eigenvalue weighted by atomic mass is 10.3. The third-order valence-electron chi connectivity index (χ3n) is 2.86. The fraction of sp³-hybridized carbons (Fsp3) is 0.667. The Labute approximate surface area is 100 Å². The number of anilines is 1. The molecule has 1 saturated carbocycles. The van der Waals surface area contributed by atoms with Crippen molar-refractivity contribution in [3.8, 4) is 0 Å². The summed E-state index contributed by atoms with van der Waals surface area (Å²) in [7, 11) is 0. The Kier molecular flexibility index (Phi) is 3.59. The van der Waals surface area contributed by atoms with E-state index in [2.05, 4.69) is 16.8 Å². The molecule has 0 saturated heterocycles. The van der Waals surface area contributed by atoms with Crippen LogP contribution in [0.2, 0.25) is 0 Å². The Balaban J connectivity index is 2.22. The largest absolute Gasteiger partial charge is 0.345 e. The zero-order valence-corrected chi connectivity index (χ0v) is 10.7. The number of aromatic nitrogens is 1. The van der Waals surface area contributed by atoms with Crippen molar-refractivity contribution < 1.29 is 4.79 Å². The van der Waals surface area contributed by atoms with Crippen LogP contribution < -0.4 is 4.90 Å². The summed E-state index contributed by atoms with van der Waals surface area (Å²) in [6.07, 6.45) is 5.47. The lowest BCUT2D eigenvalue weighted by molar-refractivity contribution is 0.112. The molecule has 1 aromatic heterocycles. The molecule has 1 aromatic rings. The van der Waals surface area contributed by atoms with Crippen LogP contribution in [0.3, 0.4) is 0 Å². The number of hydrogen-bond donors (Lipinski definition) is 0. The molecule has 0 spiro atoms. The molecule has 0 amide bonds. The third kappa shape index (κ3) is 2.26. The van der Waals surface area contributed by atoms with Gasteiger partial charge < -0.3 is 4.90 Å². The summed E-state index contributed by atoms with van der Waals surface area (Å²) >= 11 is 1.55. The smallest absolute Gasteiger partial charge is 0.186 e. The summed E-state index contributed by atoms with van der Waals surface area (Å²) in [5.74, 6) is 0. The summed E-state index contributed by atoms with van der Waals surface area (Å²) in [6, 6.07) is 0.676. The van der Waals surface area contributed by atoms with E-state index in [1.54, 1.807) is 11.3 Å². The number of rotatable bonds is 6. The maximum atomic E-state index is 10.9. The van der Waals surface area contributed by atoms with Crippen LogP contribution in [0, 0.1) is 0 Å². The van der Waals surface area contributed by atoms with Crippen molar-refractivity contribution in [2.75, 3.05) is 11.4 Å². The van der Waals surface area contributed by atoms with Gasteiger partial charge in [-0.25, -0.2) is 4.98 Å². The summed E-state index contributed by atoms with van der Waals surface area (Å²) < 4.78 is 0. The first-order chi connectivity index (χ1) is 7.80. The highest BCUT2D eigenvalue weighted by Gasteiger charge is 2.30. The normalized spacial score (nSPS) is 15.1. The number of thiazole rings is 1. The van der Waals surface area contributed by atoms with E-state index >= 15 is 0 Å². The Morgan fingerprint density at radius 1 is 1.50 bits per heavy atom. The van der Waals surface area contributed by atoms with Crippen molar-refractivity contribution in [2.24, 2.45) is 0 Å². The Morgan fingerprint density at radius 3 is 2.69 bits per heavy atom. The monoisotopic (exact) mass is 238 g/mol. The minimum Gasteiger partial charge on any atom is -0.345 e. The number of nitrogens with zero attached hydrogens (tertiary/aromatic N) is 2. The summed E-state index contributed by atoms with van der Waals surface area (Å²) in [4.78, 5) is 18.7. The van der Waals surface area contributed by atoms with Crippen LogP contribution in [0.15, 0.2) is 0 Å².